The van der Waals surface area contributed by atoms with Gasteiger partial charge in [0.15, 0.2) is 0 Å². The molecular weight excluding hydrogens is 400 g/mol. The van der Waals surface area contributed by atoms with Crippen molar-refractivity contribution in [3.8, 4) is 11.4 Å². The molecule has 4 nitrogen and oxygen atoms in total. The minimum Gasteiger partial charge on any atom is -0.327 e. The molecule has 0 fully saturated rings. The van der Waals surface area contributed by atoms with Crippen molar-refractivity contribution < 1.29 is 0 Å². The molecule has 25 heavy (non-hydrogen) atoms. The number of fused-ring (bicyclic) bond motifs is 1. The van der Waals surface area contributed by atoms with E-state index in [1.807, 2.05) is 42.7 Å². The first kappa shape index (κ1) is 16.4. The average Bonchev–Trinajstić information content (AvgIpc) is 3.18. The summed E-state index contributed by atoms with van der Waals surface area (Å²) >= 11 is 9.64. The molecule has 2 aromatic carbocycles. The number of halogens is 2. The maximum absolute atomic E-state index is 6.12. The van der Waals surface area contributed by atoms with E-state index in [1.165, 1.54) is 0 Å². The van der Waals surface area contributed by atoms with Gasteiger partial charge in [0.1, 0.15) is 11.6 Å². The first-order valence-electron chi connectivity index (χ1n) is 8.07. The number of aryl methyl sites for hydroxylation is 1. The van der Waals surface area contributed by atoms with Crippen LogP contribution in [0.25, 0.3) is 22.4 Å². The topological polar surface area (TPSA) is 35.6 Å². The Morgan fingerprint density at radius 1 is 1.16 bits per heavy atom. The van der Waals surface area contributed by atoms with Crippen molar-refractivity contribution in [2.45, 2.75) is 20.0 Å². The average molecular weight is 416 g/mol. The van der Waals surface area contributed by atoms with Crippen molar-refractivity contribution in [2.75, 3.05) is 0 Å². The molecular formula is C19H16BrClN4. The molecule has 0 bridgehead atoms. The molecule has 0 atom stereocenters. The van der Waals surface area contributed by atoms with E-state index in [9.17, 15) is 0 Å². The molecule has 0 N–H and O–H groups in total. The first-order chi connectivity index (χ1) is 12.2. The summed E-state index contributed by atoms with van der Waals surface area (Å²) in [4.78, 5) is 9.32. The number of benzene rings is 2. The molecule has 4 rings (SSSR count). The third kappa shape index (κ3) is 3.10. The van der Waals surface area contributed by atoms with E-state index in [0.29, 0.717) is 11.6 Å². The summed E-state index contributed by atoms with van der Waals surface area (Å²) in [7, 11) is 0. The van der Waals surface area contributed by atoms with Gasteiger partial charge in [0.2, 0.25) is 0 Å². The van der Waals surface area contributed by atoms with Crippen LogP contribution in [0.15, 0.2) is 59.3 Å². The molecule has 0 unspecified atom stereocenters. The molecule has 0 saturated heterocycles. The Morgan fingerprint density at radius 3 is 2.84 bits per heavy atom. The van der Waals surface area contributed by atoms with E-state index in [1.54, 1.807) is 0 Å². The molecule has 2 heterocycles. The predicted octanol–water partition coefficient (Wildman–Crippen LogP) is 5.38. The maximum Gasteiger partial charge on any atom is 0.140 e. The number of imidazole rings is 2. The lowest BCUT2D eigenvalue weighted by Crippen LogP contribution is -2.08. The molecule has 2 aromatic heterocycles. The Labute approximate surface area is 159 Å². The van der Waals surface area contributed by atoms with E-state index >= 15 is 0 Å². The van der Waals surface area contributed by atoms with Crippen LogP contribution in [-0.4, -0.2) is 19.1 Å². The van der Waals surface area contributed by atoms with Crippen LogP contribution in [0.4, 0.5) is 0 Å². The smallest absolute Gasteiger partial charge is 0.140 e. The zero-order valence-electron chi connectivity index (χ0n) is 13.7. The van der Waals surface area contributed by atoms with Crippen LogP contribution >= 0.6 is 27.5 Å². The molecule has 0 spiro atoms. The third-order valence-corrected chi connectivity index (χ3v) is 4.94. The number of rotatable bonds is 4. The summed E-state index contributed by atoms with van der Waals surface area (Å²) in [6, 6.07) is 14.0. The number of hydrogen-bond acceptors (Lipinski definition) is 2. The second kappa shape index (κ2) is 6.65. The lowest BCUT2D eigenvalue weighted by Gasteiger charge is -2.10. The van der Waals surface area contributed by atoms with Gasteiger partial charge >= 0.3 is 0 Å². The summed E-state index contributed by atoms with van der Waals surface area (Å²) < 4.78 is 5.38. The Balaban J connectivity index is 1.77. The predicted molar refractivity (Wildman–Crippen MR) is 105 cm³/mol. The van der Waals surface area contributed by atoms with Crippen LogP contribution in [0.1, 0.15) is 12.7 Å². The Morgan fingerprint density at radius 2 is 2.04 bits per heavy atom. The van der Waals surface area contributed by atoms with Crippen LogP contribution in [0.2, 0.25) is 5.02 Å². The fraction of sp³-hybridized carbons (Fsp3) is 0.158. The molecule has 0 radical (unpaired) electrons. The van der Waals surface area contributed by atoms with Gasteiger partial charge < -0.3 is 9.13 Å². The fourth-order valence-electron chi connectivity index (χ4n) is 3.10. The summed E-state index contributed by atoms with van der Waals surface area (Å²) in [6.07, 6.45) is 3.81. The quantitative estimate of drug-likeness (QED) is 0.448. The molecule has 0 aliphatic heterocycles. The maximum atomic E-state index is 6.12. The Bertz CT molecular complexity index is 1050. The monoisotopic (exact) mass is 414 g/mol. The minimum atomic E-state index is 0.655. The van der Waals surface area contributed by atoms with E-state index in [0.717, 1.165) is 39.3 Å². The van der Waals surface area contributed by atoms with Gasteiger partial charge in [0.05, 0.1) is 17.6 Å². The summed E-state index contributed by atoms with van der Waals surface area (Å²) in [5.74, 6) is 1.92. The summed E-state index contributed by atoms with van der Waals surface area (Å²) in [6.45, 7) is 3.64. The van der Waals surface area contributed by atoms with E-state index < -0.39 is 0 Å². The van der Waals surface area contributed by atoms with Gasteiger partial charge in [0.25, 0.3) is 0 Å². The van der Waals surface area contributed by atoms with Gasteiger partial charge in [-0.15, -0.1) is 0 Å². The van der Waals surface area contributed by atoms with Crippen LogP contribution in [0, 0.1) is 0 Å². The van der Waals surface area contributed by atoms with Gasteiger partial charge in [-0.25, -0.2) is 9.97 Å². The molecule has 0 amide bonds. The lowest BCUT2D eigenvalue weighted by molar-refractivity contribution is 0.667. The van der Waals surface area contributed by atoms with E-state index in [-0.39, 0.29) is 0 Å². The zero-order valence-corrected chi connectivity index (χ0v) is 16.0. The van der Waals surface area contributed by atoms with Crippen molar-refractivity contribution in [1.82, 2.24) is 19.1 Å². The lowest BCUT2D eigenvalue weighted by atomic mass is 10.2. The van der Waals surface area contributed by atoms with Crippen LogP contribution in [-0.2, 0) is 13.1 Å². The highest BCUT2D eigenvalue weighted by atomic mass is 79.9. The number of aromatic nitrogens is 4. The van der Waals surface area contributed by atoms with Crippen LogP contribution in [0.5, 0.6) is 0 Å². The van der Waals surface area contributed by atoms with Gasteiger partial charge in [0, 0.05) is 34.0 Å². The zero-order chi connectivity index (χ0) is 17.4. The SMILES string of the molecule is CCn1c(Cn2ccnc2-c2cccc(Br)c2)nc2cc(Cl)ccc21. The third-order valence-electron chi connectivity index (χ3n) is 4.22. The second-order valence-corrected chi connectivity index (χ2v) is 7.15. The molecule has 0 saturated carbocycles. The second-order valence-electron chi connectivity index (χ2n) is 5.79. The Hall–Kier alpha value is -2.11. The van der Waals surface area contributed by atoms with Crippen LogP contribution in [0.3, 0.4) is 0 Å². The molecule has 6 heteroatoms. The normalized spacial score (nSPS) is 11.3. The number of nitrogens with zero attached hydrogens (tertiary/aromatic N) is 4. The minimum absolute atomic E-state index is 0.655. The largest absolute Gasteiger partial charge is 0.327 e. The fourth-order valence-corrected chi connectivity index (χ4v) is 3.67. The van der Waals surface area contributed by atoms with Crippen LogP contribution < -0.4 is 0 Å². The highest BCUT2D eigenvalue weighted by Gasteiger charge is 2.13. The van der Waals surface area contributed by atoms with Crippen molar-refractivity contribution in [3.63, 3.8) is 0 Å². The van der Waals surface area contributed by atoms with Crippen molar-refractivity contribution in [2.24, 2.45) is 0 Å². The molecule has 126 valence electrons. The van der Waals surface area contributed by atoms with Crippen molar-refractivity contribution >= 4 is 38.6 Å². The van der Waals surface area contributed by atoms with Crippen molar-refractivity contribution in [3.05, 3.63) is 70.2 Å². The van der Waals surface area contributed by atoms with Crippen molar-refractivity contribution in [1.29, 1.82) is 0 Å². The van der Waals surface area contributed by atoms with Gasteiger partial charge in [-0.1, -0.05) is 39.7 Å². The Kier molecular flexibility index (Phi) is 4.36. The van der Waals surface area contributed by atoms with E-state index in [4.69, 9.17) is 16.6 Å². The van der Waals surface area contributed by atoms with Gasteiger partial charge in [-0.3, -0.25) is 0 Å². The molecule has 0 aliphatic carbocycles. The molecule has 0 aliphatic rings. The highest BCUT2D eigenvalue weighted by Crippen LogP contribution is 2.24. The first-order valence-corrected chi connectivity index (χ1v) is 9.24. The molecule has 4 aromatic rings. The summed E-state index contributed by atoms with van der Waals surface area (Å²) in [5, 5.41) is 0.706. The van der Waals surface area contributed by atoms with Gasteiger partial charge in [-0.2, -0.15) is 0 Å². The van der Waals surface area contributed by atoms with Gasteiger partial charge in [-0.05, 0) is 37.3 Å². The number of hydrogen-bond donors (Lipinski definition) is 0. The van der Waals surface area contributed by atoms with E-state index in [2.05, 4.69) is 49.1 Å². The standard InChI is InChI=1S/C19H16BrClN4/c1-2-25-17-7-6-15(21)11-16(17)23-18(25)12-24-9-8-22-19(24)13-4-3-5-14(20)10-13/h3-11H,2,12H2,1H3. The highest BCUT2D eigenvalue weighted by molar-refractivity contribution is 9.10. The summed E-state index contributed by atoms with van der Waals surface area (Å²) in [5.41, 5.74) is 3.10.